The minimum atomic E-state index is 0. The fourth-order valence-corrected chi connectivity index (χ4v) is 3.49. The molecule has 0 nitrogen and oxygen atoms in total. The van der Waals surface area contributed by atoms with Gasteiger partial charge in [-0.05, 0) is 0 Å². The van der Waals surface area contributed by atoms with E-state index < -0.39 is 0 Å². The van der Waals surface area contributed by atoms with Crippen LogP contribution >= 0.6 is 0 Å². The van der Waals surface area contributed by atoms with Gasteiger partial charge in [0.25, 0.3) is 0 Å². The van der Waals surface area contributed by atoms with Crippen molar-refractivity contribution < 1.29 is 49.4 Å². The molecule has 0 aromatic carbocycles. The second-order valence-electron chi connectivity index (χ2n) is 8.40. The molecule has 3 aliphatic carbocycles. The van der Waals surface area contributed by atoms with Crippen molar-refractivity contribution in [1.82, 2.24) is 0 Å². The van der Waals surface area contributed by atoms with Gasteiger partial charge in [0.15, 0.2) is 0 Å². The van der Waals surface area contributed by atoms with Crippen LogP contribution in [0.3, 0.4) is 0 Å². The number of hydrogen-bond donors (Lipinski definition) is 0. The summed E-state index contributed by atoms with van der Waals surface area (Å²) in [4.78, 5) is 0. The zero-order valence-electron chi connectivity index (χ0n) is 20.1. The van der Waals surface area contributed by atoms with Crippen LogP contribution in [-0.4, -0.2) is 0 Å². The number of allylic oxidation sites excluding steroid dienone is 12. The Balaban J connectivity index is 0.000000384. The van der Waals surface area contributed by atoms with Crippen LogP contribution in [0.5, 0.6) is 0 Å². The molecule has 1 heteroatoms. The first kappa shape index (κ1) is 28.0. The molecule has 0 aliphatic heterocycles. The van der Waals surface area contributed by atoms with E-state index in [1.165, 1.54) is 50.2 Å². The maximum atomic E-state index is 3.36. The van der Waals surface area contributed by atoms with E-state index in [1.807, 2.05) is 0 Å². The molecule has 0 saturated carbocycles. The minimum Gasteiger partial charge on any atom is -0.266 e. The Hall–Kier alpha value is 0.0244. The first-order valence-electron chi connectivity index (χ1n) is 10.2. The molecule has 28 heavy (non-hydrogen) atoms. The molecule has 0 aromatic rings. The molecule has 3 unspecified atom stereocenters. The SMILES string of the molecule is CC1=[C-]C(C)C(C)=C1C.CC1=[C-]C(C)C(C)=C1C.CC1=[C-]C(C)C(C)=C1C.[Eu+3]. The molecule has 0 spiro atoms. The van der Waals surface area contributed by atoms with E-state index in [1.54, 1.807) is 0 Å². The van der Waals surface area contributed by atoms with Crippen LogP contribution in [0.4, 0.5) is 0 Å². The molecule has 0 bridgehead atoms. The zero-order valence-corrected chi connectivity index (χ0v) is 22.5. The van der Waals surface area contributed by atoms with Crippen LogP contribution in [0.1, 0.15) is 83.1 Å². The van der Waals surface area contributed by atoms with Gasteiger partial charge < -0.3 is 0 Å². The van der Waals surface area contributed by atoms with Crippen molar-refractivity contribution in [3.63, 3.8) is 0 Å². The van der Waals surface area contributed by atoms with Crippen molar-refractivity contribution in [2.45, 2.75) is 83.1 Å². The van der Waals surface area contributed by atoms with Gasteiger partial charge in [0.05, 0.1) is 0 Å². The van der Waals surface area contributed by atoms with Crippen LogP contribution in [0.25, 0.3) is 0 Å². The van der Waals surface area contributed by atoms with E-state index in [-0.39, 0.29) is 49.4 Å². The van der Waals surface area contributed by atoms with Crippen molar-refractivity contribution in [3.8, 4) is 0 Å². The Labute approximate surface area is 216 Å². The smallest absolute Gasteiger partial charge is 0.266 e. The fraction of sp³-hybridized carbons (Fsp3) is 0.556. The molecule has 0 N–H and O–H groups in total. The maximum Gasteiger partial charge on any atom is 3.00 e. The average Bonchev–Trinajstić information content (AvgIpc) is 3.07. The summed E-state index contributed by atoms with van der Waals surface area (Å²) < 4.78 is 0. The number of rotatable bonds is 0. The van der Waals surface area contributed by atoms with E-state index >= 15 is 0 Å². The third kappa shape index (κ3) is 7.07. The molecule has 0 aromatic heterocycles. The minimum absolute atomic E-state index is 0. The Morgan fingerprint density at radius 2 is 0.607 bits per heavy atom. The van der Waals surface area contributed by atoms with Crippen molar-refractivity contribution in [2.75, 3.05) is 0 Å². The van der Waals surface area contributed by atoms with Gasteiger partial charge in [-0.1, -0.05) is 80.1 Å². The summed E-state index contributed by atoms with van der Waals surface area (Å²) in [6, 6.07) is 0. The van der Waals surface area contributed by atoms with Crippen molar-refractivity contribution in [1.29, 1.82) is 0 Å². The summed E-state index contributed by atoms with van der Waals surface area (Å²) in [5.41, 5.74) is 12.7. The van der Waals surface area contributed by atoms with E-state index in [2.05, 4.69) is 101 Å². The molecule has 0 amide bonds. The topological polar surface area (TPSA) is 0 Å². The average molecular weight is 516 g/mol. The summed E-state index contributed by atoms with van der Waals surface area (Å²) in [6.07, 6.45) is 10.1. The standard InChI is InChI=1S/3C9H13.Eu/c3*1-6-5-7(2)9(4)8(6)3;/h3*6H,1-4H3;/q3*-1;+3. The molecule has 3 atom stereocenters. The Morgan fingerprint density at radius 3 is 0.643 bits per heavy atom. The summed E-state index contributed by atoms with van der Waals surface area (Å²) in [7, 11) is 0. The predicted molar refractivity (Wildman–Crippen MR) is 120 cm³/mol. The third-order valence-corrected chi connectivity index (χ3v) is 6.71. The van der Waals surface area contributed by atoms with Crippen LogP contribution in [0.15, 0.2) is 50.2 Å². The van der Waals surface area contributed by atoms with E-state index in [4.69, 9.17) is 0 Å². The van der Waals surface area contributed by atoms with Gasteiger partial charge in [-0.25, -0.2) is 16.7 Å². The Morgan fingerprint density at radius 1 is 0.429 bits per heavy atom. The zero-order chi connectivity index (χ0) is 21.0. The quantitative estimate of drug-likeness (QED) is 0.286. The summed E-state index contributed by atoms with van der Waals surface area (Å²) in [5.74, 6) is 1.68. The summed E-state index contributed by atoms with van der Waals surface area (Å²) in [5, 5.41) is 0. The molecule has 0 saturated heterocycles. The van der Waals surface area contributed by atoms with Gasteiger partial charge in [-0.15, -0.1) is 20.8 Å². The van der Waals surface area contributed by atoms with Crippen molar-refractivity contribution >= 4 is 0 Å². The van der Waals surface area contributed by atoms with E-state index in [0.717, 1.165) is 0 Å². The van der Waals surface area contributed by atoms with Gasteiger partial charge in [-0.2, -0.15) is 33.4 Å². The molecule has 3 aliphatic rings. The second-order valence-corrected chi connectivity index (χ2v) is 8.40. The Bertz CT molecular complexity index is 657. The molecule has 0 fully saturated rings. The second kappa shape index (κ2) is 12.0. The van der Waals surface area contributed by atoms with Gasteiger partial charge in [0.1, 0.15) is 0 Å². The van der Waals surface area contributed by atoms with Crippen LogP contribution in [0.2, 0.25) is 0 Å². The van der Waals surface area contributed by atoms with Gasteiger partial charge in [0.2, 0.25) is 0 Å². The van der Waals surface area contributed by atoms with Gasteiger partial charge >= 0.3 is 49.4 Å². The maximum absolute atomic E-state index is 3.36. The molecular formula is C27H39Eu. The van der Waals surface area contributed by atoms with E-state index in [0.29, 0.717) is 17.8 Å². The van der Waals surface area contributed by atoms with Gasteiger partial charge in [-0.3, -0.25) is 18.2 Å². The Kier molecular flexibility index (Phi) is 12.0. The summed E-state index contributed by atoms with van der Waals surface area (Å²) >= 11 is 0. The van der Waals surface area contributed by atoms with Crippen molar-refractivity contribution in [2.24, 2.45) is 17.8 Å². The molecule has 3 rings (SSSR count). The van der Waals surface area contributed by atoms with Crippen LogP contribution in [0, 0.1) is 85.4 Å². The fourth-order valence-electron chi connectivity index (χ4n) is 3.49. The van der Waals surface area contributed by atoms with Gasteiger partial charge in [0, 0.05) is 0 Å². The third-order valence-electron chi connectivity index (χ3n) is 6.71. The van der Waals surface area contributed by atoms with Crippen molar-refractivity contribution in [3.05, 3.63) is 68.4 Å². The predicted octanol–water partition coefficient (Wildman–Crippen LogP) is 8.17. The first-order chi connectivity index (χ1) is 12.4. The molecular weight excluding hydrogens is 476 g/mol. The molecule has 0 radical (unpaired) electrons. The van der Waals surface area contributed by atoms with E-state index in [9.17, 15) is 0 Å². The monoisotopic (exact) mass is 516 g/mol. The first-order valence-corrected chi connectivity index (χ1v) is 10.2. The van der Waals surface area contributed by atoms with Crippen LogP contribution in [-0.2, 0) is 0 Å². The number of hydrogen-bond acceptors (Lipinski definition) is 0. The largest absolute Gasteiger partial charge is 3.00 e. The molecule has 0 heterocycles. The van der Waals surface area contributed by atoms with Crippen LogP contribution < -0.4 is 0 Å². The summed E-state index contributed by atoms with van der Waals surface area (Å²) in [6.45, 7) is 26.0. The molecule has 154 valence electrons. The normalized spacial score (nSPS) is 26.1.